The molecule has 5 aromatic rings. The Morgan fingerprint density at radius 3 is 0.969 bits per heavy atom. The number of rotatable bonds is 0. The molecule has 0 nitrogen and oxygen atoms in total. The average molecular weight is 449 g/mol. The van der Waals surface area contributed by atoms with Gasteiger partial charge < -0.3 is 0 Å². The van der Waals surface area contributed by atoms with Gasteiger partial charge in [-0.05, 0) is 92.5 Å². The topological polar surface area (TPSA) is 0 Å². The van der Waals surface area contributed by atoms with E-state index in [4.69, 9.17) is 0 Å². The van der Waals surface area contributed by atoms with Crippen molar-refractivity contribution in [3.05, 3.63) is 79.8 Å². The molecule has 0 unspecified atom stereocenters. The van der Waals surface area contributed by atoms with Gasteiger partial charge in [-0.25, -0.2) is 0 Å². The summed E-state index contributed by atoms with van der Waals surface area (Å²) in [6, 6.07) is 18.8. The van der Waals surface area contributed by atoms with Crippen molar-refractivity contribution in [2.75, 3.05) is 23.0 Å². The molecule has 0 saturated heterocycles. The molecule has 0 fully saturated rings. The van der Waals surface area contributed by atoms with Gasteiger partial charge in [0, 0.05) is 30.6 Å². The standard InChI is InChI=1S/C30H24S2/c1-2-6-18-17(5-1)21-9-13-31-15-11-23-19-7-3-4-8-20(19)24-12-16-32-14-10-22(18)26-25(21)29(31)27(23)28(24)30(26)32/h1-8H,9-16H2. The molecule has 0 bridgehead atoms. The van der Waals surface area contributed by atoms with Gasteiger partial charge in [0.2, 0.25) is 0 Å². The first kappa shape index (κ1) is 17.3. The van der Waals surface area contributed by atoms with Crippen molar-refractivity contribution in [1.82, 2.24) is 0 Å². The Kier molecular flexibility index (Phi) is 3.17. The van der Waals surface area contributed by atoms with Crippen LogP contribution in [0.2, 0.25) is 0 Å². The summed E-state index contributed by atoms with van der Waals surface area (Å²) in [6.45, 7) is 0. The zero-order chi connectivity index (χ0) is 20.6. The molecule has 0 aliphatic carbocycles. The highest BCUT2D eigenvalue weighted by Gasteiger charge is 2.31. The summed E-state index contributed by atoms with van der Waals surface area (Å²) in [4.78, 5) is 0. The van der Waals surface area contributed by atoms with E-state index in [2.05, 4.69) is 48.5 Å². The number of aryl methyl sites for hydroxylation is 4. The minimum Gasteiger partial charge on any atom is -0.177 e. The van der Waals surface area contributed by atoms with E-state index < -0.39 is 0 Å². The van der Waals surface area contributed by atoms with E-state index in [0.717, 1.165) is 0 Å². The van der Waals surface area contributed by atoms with Crippen LogP contribution < -0.4 is 0 Å². The Labute approximate surface area is 192 Å². The quantitative estimate of drug-likeness (QED) is 0.169. The van der Waals surface area contributed by atoms with Crippen LogP contribution in [0.5, 0.6) is 0 Å². The predicted molar refractivity (Wildman–Crippen MR) is 144 cm³/mol. The summed E-state index contributed by atoms with van der Waals surface area (Å²) in [7, 11) is 0.859. The fraction of sp³-hybridized carbons (Fsp3) is 0.267. The number of benzene rings is 5. The lowest BCUT2D eigenvalue weighted by atomic mass is 9.83. The second-order valence-corrected chi connectivity index (χ2v) is 14.4. The fourth-order valence-electron chi connectivity index (χ4n) is 7.54. The molecular formula is C30H24S2. The highest BCUT2D eigenvalue weighted by Crippen LogP contribution is 2.53. The summed E-state index contributed by atoms with van der Waals surface area (Å²) in [5.41, 5.74) is 6.76. The molecule has 9 rings (SSSR count). The molecule has 0 amide bonds. The third-order valence-electron chi connectivity index (χ3n) is 8.74. The van der Waals surface area contributed by atoms with Crippen LogP contribution in [-0.4, -0.2) is 23.0 Å². The van der Waals surface area contributed by atoms with Gasteiger partial charge in [0.05, 0.1) is 0 Å². The van der Waals surface area contributed by atoms with Crippen LogP contribution in [0.3, 0.4) is 0 Å². The Morgan fingerprint density at radius 1 is 0.406 bits per heavy atom. The summed E-state index contributed by atoms with van der Waals surface area (Å²) in [6.07, 6.45) is 5.12. The SMILES string of the molecule is c1ccc2c3c4c5c6c(c7ccccc7c7c6c6c4c(c2c1)CCS=6CC7)CCS=5CC3. The smallest absolute Gasteiger partial charge is 0.0143 e. The normalized spacial score (nSPS) is 19.2. The first-order valence-corrected chi connectivity index (χ1v) is 15.3. The first-order chi connectivity index (χ1) is 15.9. The number of fused-ring (bicyclic) bond motifs is 6. The zero-order valence-electron chi connectivity index (χ0n) is 18.1. The molecule has 2 heteroatoms. The van der Waals surface area contributed by atoms with Gasteiger partial charge >= 0.3 is 0 Å². The summed E-state index contributed by atoms with van der Waals surface area (Å²) in [5, 5.41) is 13.2. The minimum absolute atomic E-state index is 0.429. The van der Waals surface area contributed by atoms with Crippen molar-refractivity contribution in [3.63, 3.8) is 0 Å². The third kappa shape index (κ3) is 1.86. The maximum atomic E-state index is 2.43. The van der Waals surface area contributed by atoms with E-state index in [-0.39, 0.29) is 0 Å². The van der Waals surface area contributed by atoms with Gasteiger partial charge in [-0.3, -0.25) is 0 Å². The van der Waals surface area contributed by atoms with Crippen LogP contribution in [0.4, 0.5) is 0 Å². The molecule has 0 aromatic heterocycles. The van der Waals surface area contributed by atoms with Crippen LogP contribution in [0, 0.1) is 9.02 Å². The monoisotopic (exact) mass is 448 g/mol. The molecule has 0 N–H and O–H groups in total. The van der Waals surface area contributed by atoms with Gasteiger partial charge in [0.1, 0.15) is 0 Å². The molecule has 0 spiro atoms. The Balaban J connectivity index is 1.76. The first-order valence-electron chi connectivity index (χ1n) is 12.1. The largest absolute Gasteiger partial charge is 0.177 e. The minimum atomic E-state index is 0.429. The molecule has 32 heavy (non-hydrogen) atoms. The van der Waals surface area contributed by atoms with Crippen molar-refractivity contribution in [3.8, 4) is 0 Å². The van der Waals surface area contributed by atoms with Crippen LogP contribution in [0.15, 0.2) is 48.5 Å². The summed E-state index contributed by atoms with van der Waals surface area (Å²) >= 11 is 0. The predicted octanol–water partition coefficient (Wildman–Crippen LogP) is 7.56. The molecular weight excluding hydrogens is 424 g/mol. The second-order valence-electron chi connectivity index (χ2n) is 9.97. The van der Waals surface area contributed by atoms with Crippen molar-refractivity contribution in [2.45, 2.75) is 25.7 Å². The Morgan fingerprint density at radius 2 is 0.688 bits per heavy atom. The zero-order valence-corrected chi connectivity index (χ0v) is 19.7. The van der Waals surface area contributed by atoms with Gasteiger partial charge in [0.25, 0.3) is 0 Å². The molecule has 0 radical (unpaired) electrons. The Bertz CT molecular complexity index is 1610. The number of hydrogen-bond acceptors (Lipinski definition) is 0. The summed E-state index contributed by atoms with van der Waals surface area (Å²) < 4.78 is 3.60. The molecule has 4 aliphatic heterocycles. The van der Waals surface area contributed by atoms with Crippen LogP contribution in [0.25, 0.3) is 43.1 Å². The molecule has 4 aliphatic rings. The average Bonchev–Trinajstić information content (AvgIpc) is 2.87. The second kappa shape index (κ2) is 5.85. The van der Waals surface area contributed by atoms with Crippen molar-refractivity contribution < 1.29 is 0 Å². The van der Waals surface area contributed by atoms with E-state index in [1.165, 1.54) is 48.7 Å². The molecule has 5 aromatic carbocycles. The van der Waals surface area contributed by atoms with E-state index in [9.17, 15) is 0 Å². The third-order valence-corrected chi connectivity index (χ3v) is 13.5. The van der Waals surface area contributed by atoms with E-state index in [1.807, 2.05) is 0 Å². The van der Waals surface area contributed by atoms with Crippen LogP contribution in [0.1, 0.15) is 22.3 Å². The van der Waals surface area contributed by atoms with Crippen LogP contribution in [-0.2, 0) is 25.7 Å². The van der Waals surface area contributed by atoms with Crippen LogP contribution >= 0.6 is 21.0 Å². The van der Waals surface area contributed by atoms with Gasteiger partial charge in [-0.2, -0.15) is 21.0 Å². The number of hydrogen-bond donors (Lipinski definition) is 0. The fourth-order valence-corrected chi connectivity index (χ4v) is 12.6. The summed E-state index contributed by atoms with van der Waals surface area (Å²) in [5.74, 6) is 5.47. The van der Waals surface area contributed by atoms with Crippen molar-refractivity contribution >= 4 is 64.1 Å². The molecule has 156 valence electrons. The van der Waals surface area contributed by atoms with Crippen molar-refractivity contribution in [2.24, 2.45) is 0 Å². The molecule has 0 atom stereocenters. The Hall–Kier alpha value is -2.16. The highest BCUT2D eigenvalue weighted by molar-refractivity contribution is 8.10. The van der Waals surface area contributed by atoms with Crippen molar-refractivity contribution in [1.29, 1.82) is 0 Å². The van der Waals surface area contributed by atoms with E-state index in [1.54, 1.807) is 74.4 Å². The van der Waals surface area contributed by atoms with E-state index >= 15 is 0 Å². The van der Waals surface area contributed by atoms with Gasteiger partial charge in [-0.1, -0.05) is 48.5 Å². The maximum Gasteiger partial charge on any atom is 0.0143 e. The molecule has 4 heterocycles. The lowest BCUT2D eigenvalue weighted by molar-refractivity contribution is 1.11. The van der Waals surface area contributed by atoms with E-state index in [0.29, 0.717) is 21.0 Å². The van der Waals surface area contributed by atoms with Gasteiger partial charge in [0.15, 0.2) is 0 Å². The highest BCUT2D eigenvalue weighted by atomic mass is 32.2. The maximum absolute atomic E-state index is 2.43. The lowest BCUT2D eigenvalue weighted by Crippen LogP contribution is -2.15. The molecule has 0 saturated carbocycles. The van der Waals surface area contributed by atoms with Gasteiger partial charge in [-0.15, -0.1) is 0 Å². The lowest BCUT2D eigenvalue weighted by Gasteiger charge is -2.34.